The van der Waals surface area contributed by atoms with Gasteiger partial charge in [0.05, 0.1) is 6.61 Å². The monoisotopic (exact) mass is 294 g/mol. The van der Waals surface area contributed by atoms with Crippen molar-refractivity contribution in [2.45, 2.75) is 57.5 Å². The quantitative estimate of drug-likeness (QED) is 0.863. The second kappa shape index (κ2) is 7.09. The number of ether oxygens (including phenoxy) is 1. The third kappa shape index (κ3) is 4.90. The van der Waals surface area contributed by atoms with Crippen molar-refractivity contribution in [2.24, 2.45) is 5.92 Å². The Morgan fingerprint density at radius 2 is 1.90 bits per heavy atom. The van der Waals surface area contributed by atoms with Crippen LogP contribution < -0.4 is 5.32 Å². The van der Waals surface area contributed by atoms with Gasteiger partial charge >= 0.3 is 6.36 Å². The van der Waals surface area contributed by atoms with Gasteiger partial charge in [-0.3, -0.25) is 9.64 Å². The minimum atomic E-state index is -4.51. The summed E-state index contributed by atoms with van der Waals surface area (Å²) >= 11 is 0. The highest BCUT2D eigenvalue weighted by atomic mass is 19.4. The number of piperazine rings is 1. The highest BCUT2D eigenvalue weighted by molar-refractivity contribution is 4.89. The summed E-state index contributed by atoms with van der Waals surface area (Å²) in [5.41, 5.74) is 0. The number of nitrogens with one attached hydrogen (secondary N) is 1. The summed E-state index contributed by atoms with van der Waals surface area (Å²) in [6.45, 7) is 3.83. The van der Waals surface area contributed by atoms with Gasteiger partial charge in [0.25, 0.3) is 0 Å². The second-order valence-electron chi connectivity index (χ2n) is 6.05. The minimum Gasteiger partial charge on any atom is -0.311 e. The van der Waals surface area contributed by atoms with E-state index in [0.717, 1.165) is 13.1 Å². The molecule has 2 aliphatic rings. The highest BCUT2D eigenvalue weighted by Crippen LogP contribution is 2.28. The van der Waals surface area contributed by atoms with Gasteiger partial charge in [0.15, 0.2) is 0 Å². The maximum atomic E-state index is 12.0. The average molecular weight is 294 g/mol. The zero-order valence-electron chi connectivity index (χ0n) is 12.1. The van der Waals surface area contributed by atoms with Gasteiger partial charge in [-0.15, -0.1) is 13.2 Å². The van der Waals surface area contributed by atoms with E-state index in [1.54, 1.807) is 0 Å². The zero-order valence-corrected chi connectivity index (χ0v) is 12.1. The first-order valence-corrected chi connectivity index (χ1v) is 7.64. The first-order valence-electron chi connectivity index (χ1n) is 7.64. The molecule has 0 bridgehead atoms. The predicted molar refractivity (Wildman–Crippen MR) is 71.4 cm³/mol. The van der Waals surface area contributed by atoms with Crippen LogP contribution in [0.2, 0.25) is 0 Å². The fourth-order valence-corrected chi connectivity index (χ4v) is 3.39. The lowest BCUT2D eigenvalue weighted by Gasteiger charge is -2.42. The minimum absolute atomic E-state index is 0.270. The molecule has 2 rings (SSSR count). The van der Waals surface area contributed by atoms with Crippen molar-refractivity contribution in [1.82, 2.24) is 10.2 Å². The van der Waals surface area contributed by atoms with Gasteiger partial charge in [0, 0.05) is 31.7 Å². The van der Waals surface area contributed by atoms with E-state index in [9.17, 15) is 13.2 Å². The van der Waals surface area contributed by atoms with E-state index in [4.69, 9.17) is 0 Å². The highest BCUT2D eigenvalue weighted by Gasteiger charge is 2.32. The Morgan fingerprint density at radius 1 is 1.20 bits per heavy atom. The molecule has 6 heteroatoms. The molecule has 1 saturated carbocycles. The number of hydrogen-bond donors (Lipinski definition) is 1. The summed E-state index contributed by atoms with van der Waals surface area (Å²) in [5, 5.41) is 3.57. The van der Waals surface area contributed by atoms with Crippen molar-refractivity contribution in [3.8, 4) is 0 Å². The van der Waals surface area contributed by atoms with Crippen LogP contribution in [-0.4, -0.2) is 49.6 Å². The third-order valence-electron chi connectivity index (χ3n) is 4.59. The van der Waals surface area contributed by atoms with E-state index >= 15 is 0 Å². The smallest absolute Gasteiger partial charge is 0.311 e. The van der Waals surface area contributed by atoms with Crippen molar-refractivity contribution in [2.75, 3.05) is 26.2 Å². The Balaban J connectivity index is 1.78. The fourth-order valence-electron chi connectivity index (χ4n) is 3.39. The Labute approximate surface area is 118 Å². The largest absolute Gasteiger partial charge is 0.522 e. The summed E-state index contributed by atoms with van der Waals surface area (Å²) in [6, 6.07) is 0.698. The number of halogens is 3. The number of hydrogen-bond acceptors (Lipinski definition) is 3. The number of alkyl halides is 3. The molecule has 2 atom stereocenters. The first-order chi connectivity index (χ1) is 9.46. The molecule has 0 spiro atoms. The van der Waals surface area contributed by atoms with Crippen LogP contribution in [0.1, 0.15) is 39.0 Å². The van der Waals surface area contributed by atoms with Gasteiger partial charge in [0.1, 0.15) is 0 Å². The van der Waals surface area contributed by atoms with Gasteiger partial charge in [-0.25, -0.2) is 0 Å². The normalized spacial score (nSPS) is 30.6. The third-order valence-corrected chi connectivity index (χ3v) is 4.59. The summed E-state index contributed by atoms with van der Waals surface area (Å²) in [5.74, 6) is 0.683. The van der Waals surface area contributed by atoms with E-state index in [-0.39, 0.29) is 12.6 Å². The molecule has 0 aromatic heterocycles. The Morgan fingerprint density at radius 3 is 2.55 bits per heavy atom. The molecule has 1 aliphatic heterocycles. The molecular weight excluding hydrogens is 269 g/mol. The molecule has 1 aliphatic carbocycles. The van der Waals surface area contributed by atoms with Crippen LogP contribution in [0, 0.1) is 5.92 Å². The predicted octanol–water partition coefficient (Wildman–Crippen LogP) is 2.77. The van der Waals surface area contributed by atoms with Crippen LogP contribution in [-0.2, 0) is 4.74 Å². The van der Waals surface area contributed by atoms with Gasteiger partial charge in [-0.1, -0.05) is 19.3 Å². The number of rotatable bonds is 4. The molecular formula is C14H25F3N2O. The Bertz CT molecular complexity index is 293. The molecule has 118 valence electrons. The lowest BCUT2D eigenvalue weighted by molar-refractivity contribution is -0.325. The van der Waals surface area contributed by atoms with E-state index in [2.05, 4.69) is 21.9 Å². The summed E-state index contributed by atoms with van der Waals surface area (Å²) in [4.78, 5) is 2.13. The molecule has 2 fully saturated rings. The Kier molecular flexibility index (Phi) is 5.69. The molecule has 0 amide bonds. The van der Waals surface area contributed by atoms with Crippen molar-refractivity contribution < 1.29 is 17.9 Å². The summed E-state index contributed by atoms with van der Waals surface area (Å²) in [7, 11) is 0. The van der Waals surface area contributed by atoms with Crippen molar-refractivity contribution in [1.29, 1.82) is 0 Å². The van der Waals surface area contributed by atoms with Crippen LogP contribution in [0.25, 0.3) is 0 Å². The molecule has 2 unspecified atom stereocenters. The van der Waals surface area contributed by atoms with Gasteiger partial charge < -0.3 is 5.32 Å². The fraction of sp³-hybridized carbons (Fsp3) is 1.00. The maximum Gasteiger partial charge on any atom is 0.522 e. The maximum absolute atomic E-state index is 12.0. The van der Waals surface area contributed by atoms with Gasteiger partial charge in [-0.05, 0) is 25.7 Å². The Hall–Kier alpha value is -0.330. The molecule has 3 nitrogen and oxygen atoms in total. The molecule has 1 heterocycles. The first kappa shape index (κ1) is 16.0. The second-order valence-corrected chi connectivity index (χ2v) is 6.05. The van der Waals surface area contributed by atoms with E-state index in [0.29, 0.717) is 18.5 Å². The van der Waals surface area contributed by atoms with Crippen LogP contribution in [0.5, 0.6) is 0 Å². The summed E-state index contributed by atoms with van der Waals surface area (Å²) in [6.07, 6.45) is 1.88. The SMILES string of the molecule is CC1CNC(C2CCCCC2)CN1CCOC(F)(F)F. The molecule has 0 aromatic carbocycles. The van der Waals surface area contributed by atoms with Crippen molar-refractivity contribution >= 4 is 0 Å². The molecule has 20 heavy (non-hydrogen) atoms. The van der Waals surface area contributed by atoms with Crippen LogP contribution in [0.4, 0.5) is 13.2 Å². The van der Waals surface area contributed by atoms with Crippen LogP contribution in [0.3, 0.4) is 0 Å². The lowest BCUT2D eigenvalue weighted by atomic mass is 9.82. The van der Waals surface area contributed by atoms with Gasteiger partial charge in [0.2, 0.25) is 0 Å². The standard InChI is InChI=1S/C14H25F3N2O/c1-11-9-18-13(12-5-3-2-4-6-12)10-19(11)7-8-20-14(15,16)17/h11-13,18H,2-10H2,1H3. The zero-order chi connectivity index (χ0) is 14.6. The molecule has 0 radical (unpaired) electrons. The van der Waals surface area contributed by atoms with E-state index in [1.165, 1.54) is 32.1 Å². The lowest BCUT2D eigenvalue weighted by Crippen LogP contribution is -2.58. The van der Waals surface area contributed by atoms with Crippen LogP contribution >= 0.6 is 0 Å². The molecule has 0 aromatic rings. The van der Waals surface area contributed by atoms with E-state index < -0.39 is 6.36 Å². The average Bonchev–Trinajstić information content (AvgIpc) is 2.40. The molecule has 1 saturated heterocycles. The van der Waals surface area contributed by atoms with Crippen molar-refractivity contribution in [3.05, 3.63) is 0 Å². The molecule has 1 N–H and O–H groups in total. The van der Waals surface area contributed by atoms with Crippen LogP contribution in [0.15, 0.2) is 0 Å². The number of nitrogens with zero attached hydrogens (tertiary/aromatic N) is 1. The van der Waals surface area contributed by atoms with Gasteiger partial charge in [-0.2, -0.15) is 0 Å². The summed E-state index contributed by atoms with van der Waals surface area (Å²) < 4.78 is 40.0. The van der Waals surface area contributed by atoms with E-state index in [1.807, 2.05) is 0 Å². The van der Waals surface area contributed by atoms with Crippen molar-refractivity contribution in [3.63, 3.8) is 0 Å². The topological polar surface area (TPSA) is 24.5 Å².